The molecule has 0 unspecified atom stereocenters. The van der Waals surface area contributed by atoms with Gasteiger partial charge in [-0.15, -0.1) is 0 Å². The number of nitrogens with one attached hydrogen (secondary N) is 1. The van der Waals surface area contributed by atoms with Crippen LogP contribution < -0.4 is 10.1 Å². The third-order valence-electron chi connectivity index (χ3n) is 4.16. The summed E-state index contributed by atoms with van der Waals surface area (Å²) in [5.74, 6) is -0.327. The van der Waals surface area contributed by atoms with Gasteiger partial charge in [-0.25, -0.2) is 4.79 Å². The van der Waals surface area contributed by atoms with Gasteiger partial charge in [0.15, 0.2) is 11.5 Å². The number of ether oxygens (including phenoxy) is 2. The third-order valence-corrected chi connectivity index (χ3v) is 4.16. The molecule has 1 atom stereocenters. The fourth-order valence-corrected chi connectivity index (χ4v) is 2.70. The van der Waals surface area contributed by atoms with Crippen LogP contribution in [0, 0.1) is 5.92 Å². The monoisotopic (exact) mass is 397 g/mol. The SMILES string of the molecule is COc1cc(/C=C/C(=O)N[C@@H](CC(C)C)C(=O)OCc2ccccc2)ccc1O. The zero-order valence-corrected chi connectivity index (χ0v) is 16.9. The zero-order valence-electron chi connectivity index (χ0n) is 16.9. The number of hydrogen-bond donors (Lipinski definition) is 2. The molecule has 2 N–H and O–H groups in total. The quantitative estimate of drug-likeness (QED) is 0.498. The van der Waals surface area contributed by atoms with Crippen molar-refractivity contribution in [1.82, 2.24) is 5.32 Å². The maximum absolute atomic E-state index is 12.5. The summed E-state index contributed by atoms with van der Waals surface area (Å²) in [5, 5.41) is 12.3. The Labute approximate surface area is 171 Å². The van der Waals surface area contributed by atoms with E-state index in [0.717, 1.165) is 5.56 Å². The van der Waals surface area contributed by atoms with Crippen LogP contribution in [0.5, 0.6) is 11.5 Å². The molecule has 1 amide bonds. The second-order valence-corrected chi connectivity index (χ2v) is 7.05. The molecule has 0 spiro atoms. The molecule has 2 aromatic rings. The molecule has 0 heterocycles. The first-order valence-corrected chi connectivity index (χ1v) is 9.45. The molecule has 0 aliphatic heterocycles. The molecule has 0 aliphatic carbocycles. The van der Waals surface area contributed by atoms with Gasteiger partial charge in [0.2, 0.25) is 5.91 Å². The number of esters is 1. The molecule has 0 aromatic heterocycles. The van der Waals surface area contributed by atoms with Crippen molar-refractivity contribution in [2.75, 3.05) is 7.11 Å². The Balaban J connectivity index is 1.99. The highest BCUT2D eigenvalue weighted by Gasteiger charge is 2.22. The first-order chi connectivity index (χ1) is 13.9. The topological polar surface area (TPSA) is 84.9 Å². The number of rotatable bonds is 9. The van der Waals surface area contributed by atoms with Crippen LogP contribution in [-0.4, -0.2) is 30.1 Å². The van der Waals surface area contributed by atoms with Crippen molar-refractivity contribution in [3.05, 3.63) is 65.7 Å². The lowest BCUT2D eigenvalue weighted by atomic mass is 10.0. The second-order valence-electron chi connectivity index (χ2n) is 7.05. The number of phenols is 1. The number of methoxy groups -OCH3 is 1. The summed E-state index contributed by atoms with van der Waals surface area (Å²) < 4.78 is 10.4. The lowest BCUT2D eigenvalue weighted by molar-refractivity contribution is -0.149. The van der Waals surface area contributed by atoms with E-state index in [1.54, 1.807) is 18.2 Å². The van der Waals surface area contributed by atoms with Crippen LogP contribution in [0.3, 0.4) is 0 Å². The number of carbonyl (C=O) groups excluding carboxylic acids is 2. The summed E-state index contributed by atoms with van der Waals surface area (Å²) in [6.45, 7) is 4.11. The molecule has 0 fully saturated rings. The average Bonchev–Trinajstić information content (AvgIpc) is 2.71. The largest absolute Gasteiger partial charge is 0.504 e. The summed E-state index contributed by atoms with van der Waals surface area (Å²) in [4.78, 5) is 24.8. The molecule has 0 radical (unpaired) electrons. The van der Waals surface area contributed by atoms with Crippen LogP contribution in [0.1, 0.15) is 31.4 Å². The standard InChI is InChI=1S/C23H27NO5/c1-16(2)13-19(23(27)29-15-18-7-5-4-6-8-18)24-22(26)12-10-17-9-11-20(25)21(14-17)28-3/h4-12,14,16,19,25H,13,15H2,1-3H3,(H,24,26)/b12-10+/t19-/m0/s1. The number of aromatic hydroxyl groups is 1. The average molecular weight is 397 g/mol. The van der Waals surface area contributed by atoms with E-state index in [0.29, 0.717) is 17.7 Å². The molecule has 154 valence electrons. The van der Waals surface area contributed by atoms with Crippen LogP contribution in [0.25, 0.3) is 6.08 Å². The second kappa shape index (κ2) is 10.9. The van der Waals surface area contributed by atoms with Gasteiger partial charge in [-0.05, 0) is 41.7 Å². The van der Waals surface area contributed by atoms with Crippen molar-refractivity contribution in [3.8, 4) is 11.5 Å². The lowest BCUT2D eigenvalue weighted by Gasteiger charge is -2.18. The van der Waals surface area contributed by atoms with E-state index < -0.39 is 17.9 Å². The van der Waals surface area contributed by atoms with Crippen molar-refractivity contribution in [3.63, 3.8) is 0 Å². The van der Waals surface area contributed by atoms with E-state index in [-0.39, 0.29) is 18.3 Å². The Morgan fingerprint density at radius 3 is 2.52 bits per heavy atom. The van der Waals surface area contributed by atoms with E-state index in [1.165, 1.54) is 19.3 Å². The van der Waals surface area contributed by atoms with Crippen molar-refractivity contribution in [1.29, 1.82) is 0 Å². The summed E-state index contributed by atoms with van der Waals surface area (Å²) >= 11 is 0. The molecular weight excluding hydrogens is 370 g/mol. The minimum atomic E-state index is -0.731. The fraction of sp³-hybridized carbons (Fsp3) is 0.304. The number of phenolic OH excluding ortho intramolecular Hbond substituents is 1. The van der Waals surface area contributed by atoms with E-state index >= 15 is 0 Å². The number of amides is 1. The van der Waals surface area contributed by atoms with Crippen LogP contribution >= 0.6 is 0 Å². The Morgan fingerprint density at radius 2 is 1.86 bits per heavy atom. The van der Waals surface area contributed by atoms with Gasteiger partial charge in [0.05, 0.1) is 7.11 Å². The molecular formula is C23H27NO5. The first kappa shape index (κ1) is 22.0. The van der Waals surface area contributed by atoms with Crippen LogP contribution in [0.2, 0.25) is 0 Å². The molecule has 0 saturated carbocycles. The number of carbonyl (C=O) groups is 2. The van der Waals surface area contributed by atoms with Crippen molar-refractivity contribution in [2.24, 2.45) is 5.92 Å². The van der Waals surface area contributed by atoms with Crippen molar-refractivity contribution >= 4 is 18.0 Å². The summed E-state index contributed by atoms with van der Waals surface area (Å²) in [5.41, 5.74) is 1.57. The Morgan fingerprint density at radius 1 is 1.14 bits per heavy atom. The third kappa shape index (κ3) is 7.33. The maximum atomic E-state index is 12.5. The molecule has 2 aromatic carbocycles. The fourth-order valence-electron chi connectivity index (χ4n) is 2.70. The number of hydrogen-bond acceptors (Lipinski definition) is 5. The minimum Gasteiger partial charge on any atom is -0.504 e. The predicted octanol–water partition coefficient (Wildman–Crippen LogP) is 3.69. The van der Waals surface area contributed by atoms with Gasteiger partial charge >= 0.3 is 5.97 Å². The molecule has 2 rings (SSSR count). The van der Waals surface area contributed by atoms with Gasteiger partial charge in [0.1, 0.15) is 12.6 Å². The first-order valence-electron chi connectivity index (χ1n) is 9.45. The van der Waals surface area contributed by atoms with E-state index in [9.17, 15) is 14.7 Å². The van der Waals surface area contributed by atoms with Crippen LogP contribution in [0.15, 0.2) is 54.6 Å². The molecule has 0 bridgehead atoms. The maximum Gasteiger partial charge on any atom is 0.328 e. The lowest BCUT2D eigenvalue weighted by Crippen LogP contribution is -2.42. The minimum absolute atomic E-state index is 0.0206. The van der Waals surface area contributed by atoms with E-state index in [1.807, 2.05) is 44.2 Å². The molecule has 0 aliphatic rings. The molecule has 29 heavy (non-hydrogen) atoms. The highest BCUT2D eigenvalue weighted by molar-refractivity contribution is 5.94. The number of benzene rings is 2. The van der Waals surface area contributed by atoms with E-state index in [2.05, 4.69) is 5.32 Å². The van der Waals surface area contributed by atoms with Gasteiger partial charge < -0.3 is 19.9 Å². The Bertz CT molecular complexity index is 846. The molecule has 0 saturated heterocycles. The van der Waals surface area contributed by atoms with Crippen molar-refractivity contribution < 1.29 is 24.2 Å². The van der Waals surface area contributed by atoms with Gasteiger partial charge in [-0.3, -0.25) is 4.79 Å². The highest BCUT2D eigenvalue weighted by Crippen LogP contribution is 2.26. The van der Waals surface area contributed by atoms with Gasteiger partial charge in [0.25, 0.3) is 0 Å². The van der Waals surface area contributed by atoms with Crippen LogP contribution in [0.4, 0.5) is 0 Å². The highest BCUT2D eigenvalue weighted by atomic mass is 16.5. The van der Waals surface area contributed by atoms with Gasteiger partial charge in [-0.1, -0.05) is 50.2 Å². The van der Waals surface area contributed by atoms with E-state index in [4.69, 9.17) is 9.47 Å². The predicted molar refractivity (Wildman–Crippen MR) is 111 cm³/mol. The summed E-state index contributed by atoms with van der Waals surface area (Å²) in [6.07, 6.45) is 3.39. The summed E-state index contributed by atoms with van der Waals surface area (Å²) in [6, 6.07) is 13.4. The smallest absolute Gasteiger partial charge is 0.328 e. The summed E-state index contributed by atoms with van der Waals surface area (Å²) in [7, 11) is 1.45. The molecule has 6 heteroatoms. The zero-order chi connectivity index (χ0) is 21.2. The van der Waals surface area contributed by atoms with Crippen LogP contribution in [-0.2, 0) is 20.9 Å². The normalized spacial score (nSPS) is 12.0. The Kier molecular flexibility index (Phi) is 8.27. The van der Waals surface area contributed by atoms with Gasteiger partial charge in [-0.2, -0.15) is 0 Å². The van der Waals surface area contributed by atoms with Crippen molar-refractivity contribution in [2.45, 2.75) is 32.9 Å². The Hall–Kier alpha value is -3.28. The van der Waals surface area contributed by atoms with Gasteiger partial charge in [0, 0.05) is 6.08 Å². The molecule has 6 nitrogen and oxygen atoms in total.